The summed E-state index contributed by atoms with van der Waals surface area (Å²) in [4.78, 5) is 21.5. The molecular formula is C25H30N4O4. The summed E-state index contributed by atoms with van der Waals surface area (Å²) >= 11 is 0. The van der Waals surface area contributed by atoms with Crippen molar-refractivity contribution < 1.29 is 19.0 Å². The molecule has 0 radical (unpaired) electrons. The number of rotatable bonds is 12. The molecule has 0 saturated carbocycles. The zero-order valence-corrected chi connectivity index (χ0v) is 19.2. The van der Waals surface area contributed by atoms with Crippen molar-refractivity contribution in [2.24, 2.45) is 0 Å². The van der Waals surface area contributed by atoms with Gasteiger partial charge >= 0.3 is 0 Å². The molecule has 8 heteroatoms. The molecule has 2 aromatic heterocycles. The second-order valence-corrected chi connectivity index (χ2v) is 7.36. The molecule has 1 unspecified atom stereocenters. The van der Waals surface area contributed by atoms with Gasteiger partial charge in [-0.1, -0.05) is 12.1 Å². The Kier molecular flexibility index (Phi) is 9.02. The van der Waals surface area contributed by atoms with Crippen LogP contribution in [0.1, 0.15) is 22.7 Å². The van der Waals surface area contributed by atoms with Crippen LogP contribution < -0.4 is 24.8 Å². The van der Waals surface area contributed by atoms with E-state index in [9.17, 15) is 4.79 Å². The molecule has 174 valence electrons. The van der Waals surface area contributed by atoms with E-state index < -0.39 is 6.04 Å². The van der Waals surface area contributed by atoms with Gasteiger partial charge in [0.2, 0.25) is 11.7 Å². The summed E-state index contributed by atoms with van der Waals surface area (Å²) in [7, 11) is 4.66. The van der Waals surface area contributed by atoms with Crippen LogP contribution in [-0.4, -0.2) is 50.3 Å². The van der Waals surface area contributed by atoms with Gasteiger partial charge in [0.25, 0.3) is 0 Å². The monoisotopic (exact) mass is 450 g/mol. The average Bonchev–Trinajstić information content (AvgIpc) is 2.86. The molecule has 0 aliphatic rings. The molecule has 0 aliphatic heterocycles. The Balaban J connectivity index is 1.77. The van der Waals surface area contributed by atoms with Crippen molar-refractivity contribution in [3.63, 3.8) is 0 Å². The highest BCUT2D eigenvalue weighted by Crippen LogP contribution is 2.39. The Labute approximate surface area is 194 Å². The van der Waals surface area contributed by atoms with Gasteiger partial charge in [-0.25, -0.2) is 0 Å². The maximum Gasteiger partial charge on any atom is 0.241 e. The van der Waals surface area contributed by atoms with Crippen molar-refractivity contribution in [2.45, 2.75) is 18.9 Å². The van der Waals surface area contributed by atoms with Gasteiger partial charge in [0.1, 0.15) is 6.04 Å². The number of amides is 1. The Hall–Kier alpha value is -3.65. The van der Waals surface area contributed by atoms with E-state index in [2.05, 4.69) is 20.6 Å². The lowest BCUT2D eigenvalue weighted by Gasteiger charge is -2.21. The Morgan fingerprint density at radius 1 is 0.879 bits per heavy atom. The fraction of sp³-hybridized carbons (Fsp3) is 0.320. The summed E-state index contributed by atoms with van der Waals surface area (Å²) in [6.45, 7) is 1.08. The normalized spacial score (nSPS) is 11.5. The predicted octanol–water partition coefficient (Wildman–Crippen LogP) is 2.73. The maximum absolute atomic E-state index is 13.2. The van der Waals surface area contributed by atoms with Crippen molar-refractivity contribution in [1.29, 1.82) is 0 Å². The number of methoxy groups -OCH3 is 3. The summed E-state index contributed by atoms with van der Waals surface area (Å²) < 4.78 is 16.4. The first-order valence-electron chi connectivity index (χ1n) is 10.7. The van der Waals surface area contributed by atoms with Gasteiger partial charge in [0, 0.05) is 37.9 Å². The van der Waals surface area contributed by atoms with Crippen molar-refractivity contribution in [3.8, 4) is 17.2 Å². The van der Waals surface area contributed by atoms with E-state index in [4.69, 9.17) is 14.2 Å². The summed E-state index contributed by atoms with van der Waals surface area (Å²) in [6.07, 6.45) is 8.52. The SMILES string of the molecule is COc1cc(C(NCCc2cccnc2)C(=O)NCCc2cccnc2)cc(OC)c1OC. The van der Waals surface area contributed by atoms with Crippen molar-refractivity contribution in [3.05, 3.63) is 77.9 Å². The van der Waals surface area contributed by atoms with Gasteiger partial charge in [-0.15, -0.1) is 0 Å². The van der Waals surface area contributed by atoms with Gasteiger partial charge in [-0.3, -0.25) is 14.8 Å². The number of pyridine rings is 2. The molecule has 0 fully saturated rings. The van der Waals surface area contributed by atoms with Crippen LogP contribution in [0.2, 0.25) is 0 Å². The summed E-state index contributed by atoms with van der Waals surface area (Å²) in [5.41, 5.74) is 2.87. The average molecular weight is 451 g/mol. The van der Waals surface area contributed by atoms with Crippen molar-refractivity contribution in [1.82, 2.24) is 20.6 Å². The lowest BCUT2D eigenvalue weighted by molar-refractivity contribution is -0.123. The minimum atomic E-state index is -0.607. The molecule has 1 amide bonds. The topological polar surface area (TPSA) is 94.6 Å². The fourth-order valence-corrected chi connectivity index (χ4v) is 3.51. The molecule has 8 nitrogen and oxygen atoms in total. The van der Waals surface area contributed by atoms with E-state index in [1.54, 1.807) is 52.1 Å². The van der Waals surface area contributed by atoms with Gasteiger partial charge < -0.3 is 24.8 Å². The number of aromatic nitrogens is 2. The fourth-order valence-electron chi connectivity index (χ4n) is 3.51. The second kappa shape index (κ2) is 12.4. The highest BCUT2D eigenvalue weighted by molar-refractivity contribution is 5.83. The molecule has 0 spiro atoms. The number of nitrogens with zero attached hydrogens (tertiary/aromatic N) is 2. The van der Waals surface area contributed by atoms with E-state index in [-0.39, 0.29) is 5.91 Å². The highest BCUT2D eigenvalue weighted by atomic mass is 16.5. The quantitative estimate of drug-likeness (QED) is 0.438. The number of carbonyl (C=O) groups is 1. The molecule has 2 heterocycles. The maximum atomic E-state index is 13.2. The number of nitrogens with one attached hydrogen (secondary N) is 2. The first kappa shape index (κ1) is 24.0. The number of benzene rings is 1. The summed E-state index contributed by atoms with van der Waals surface area (Å²) in [5.74, 6) is 1.33. The van der Waals surface area contributed by atoms with Crippen LogP contribution in [0, 0.1) is 0 Å². The van der Waals surface area contributed by atoms with Crippen LogP contribution >= 0.6 is 0 Å². The minimum Gasteiger partial charge on any atom is -0.493 e. The smallest absolute Gasteiger partial charge is 0.241 e. The Morgan fingerprint density at radius 3 is 1.94 bits per heavy atom. The molecule has 2 N–H and O–H groups in total. The lowest BCUT2D eigenvalue weighted by Crippen LogP contribution is -2.39. The third-order valence-electron chi connectivity index (χ3n) is 5.20. The molecule has 33 heavy (non-hydrogen) atoms. The Bertz CT molecular complexity index is 990. The number of hydrogen-bond donors (Lipinski definition) is 2. The third kappa shape index (κ3) is 6.66. The second-order valence-electron chi connectivity index (χ2n) is 7.36. The Morgan fingerprint density at radius 2 is 1.45 bits per heavy atom. The largest absolute Gasteiger partial charge is 0.493 e. The first-order valence-corrected chi connectivity index (χ1v) is 10.7. The first-order chi connectivity index (χ1) is 16.2. The van der Waals surface area contributed by atoms with E-state index >= 15 is 0 Å². The standard InChI is InChI=1S/C25H30N4O4/c1-31-21-14-20(15-22(32-2)24(21)33-3)23(28-12-8-18-6-4-10-26-16-18)25(30)29-13-9-19-7-5-11-27-17-19/h4-7,10-11,14-17,23,28H,8-9,12-13H2,1-3H3,(H,29,30). The molecule has 3 aromatic rings. The van der Waals surface area contributed by atoms with Crippen LogP contribution in [0.5, 0.6) is 17.2 Å². The van der Waals surface area contributed by atoms with Gasteiger partial charge in [0.15, 0.2) is 11.5 Å². The molecule has 3 rings (SSSR count). The zero-order valence-electron chi connectivity index (χ0n) is 19.2. The number of hydrogen-bond acceptors (Lipinski definition) is 7. The van der Waals surface area contributed by atoms with Crippen LogP contribution in [0.15, 0.2) is 61.2 Å². The number of ether oxygens (including phenoxy) is 3. The van der Waals surface area contributed by atoms with Gasteiger partial charge in [0.05, 0.1) is 21.3 Å². The van der Waals surface area contributed by atoms with E-state index in [1.807, 2.05) is 30.5 Å². The summed E-state index contributed by atoms with van der Waals surface area (Å²) in [5, 5.41) is 6.40. The molecular weight excluding hydrogens is 420 g/mol. The molecule has 0 saturated heterocycles. The molecule has 1 atom stereocenters. The lowest BCUT2D eigenvalue weighted by atomic mass is 10.0. The number of carbonyl (C=O) groups excluding carboxylic acids is 1. The third-order valence-corrected chi connectivity index (χ3v) is 5.20. The van der Waals surface area contributed by atoms with Crippen molar-refractivity contribution in [2.75, 3.05) is 34.4 Å². The van der Waals surface area contributed by atoms with Crippen molar-refractivity contribution >= 4 is 5.91 Å². The molecule has 0 bridgehead atoms. The van der Waals surface area contributed by atoms with Crippen LogP contribution in [0.25, 0.3) is 0 Å². The predicted molar refractivity (Wildman–Crippen MR) is 126 cm³/mol. The molecule has 1 aromatic carbocycles. The van der Waals surface area contributed by atoms with E-state index in [1.165, 1.54) is 0 Å². The van der Waals surface area contributed by atoms with Gasteiger partial charge in [-0.2, -0.15) is 0 Å². The molecule has 0 aliphatic carbocycles. The van der Waals surface area contributed by atoms with E-state index in [0.29, 0.717) is 36.8 Å². The summed E-state index contributed by atoms with van der Waals surface area (Å²) in [6, 6.07) is 10.8. The van der Waals surface area contributed by atoms with E-state index in [0.717, 1.165) is 23.1 Å². The van der Waals surface area contributed by atoms with Crippen LogP contribution in [0.4, 0.5) is 0 Å². The van der Waals surface area contributed by atoms with Crippen LogP contribution in [0.3, 0.4) is 0 Å². The van der Waals surface area contributed by atoms with Crippen LogP contribution in [-0.2, 0) is 17.6 Å². The minimum absolute atomic E-state index is 0.139. The highest BCUT2D eigenvalue weighted by Gasteiger charge is 2.24. The van der Waals surface area contributed by atoms with Gasteiger partial charge in [-0.05, 0) is 53.8 Å². The zero-order chi connectivity index (χ0) is 23.5.